The molecular weight excluding hydrogens is 416 g/mol. The topological polar surface area (TPSA) is 150 Å². The molecule has 0 aliphatic carbocycles. The zero-order chi connectivity index (χ0) is 22.5. The van der Waals surface area contributed by atoms with E-state index < -0.39 is 23.9 Å². The average molecular weight is 438 g/mol. The van der Waals surface area contributed by atoms with Gasteiger partial charge in [0.15, 0.2) is 0 Å². The summed E-state index contributed by atoms with van der Waals surface area (Å²) in [5.41, 5.74) is 0.379. The summed E-state index contributed by atoms with van der Waals surface area (Å²) >= 11 is 0. The van der Waals surface area contributed by atoms with Crippen molar-refractivity contribution >= 4 is 23.6 Å². The molecule has 12 nitrogen and oxygen atoms in total. The van der Waals surface area contributed by atoms with Gasteiger partial charge in [-0.15, -0.1) is 0 Å². The van der Waals surface area contributed by atoms with Gasteiger partial charge in [-0.1, -0.05) is 0 Å². The Morgan fingerprint density at radius 1 is 1.03 bits per heavy atom. The highest BCUT2D eigenvalue weighted by Gasteiger charge is 2.39. The average Bonchev–Trinajstić information content (AvgIpc) is 2.85. The minimum absolute atomic E-state index is 0.0418. The number of piperazine rings is 1. The molecule has 0 radical (unpaired) electrons. The minimum atomic E-state index is -0.999. The summed E-state index contributed by atoms with van der Waals surface area (Å²) in [4.78, 5) is 69.7. The predicted octanol–water partition coefficient (Wildman–Crippen LogP) is -1.37. The Hall–Kier alpha value is -3.96. The van der Waals surface area contributed by atoms with E-state index in [0.29, 0.717) is 13.0 Å². The van der Waals surface area contributed by atoms with Crippen molar-refractivity contribution in [1.29, 1.82) is 0 Å². The monoisotopic (exact) mass is 438 g/mol. The first kappa shape index (κ1) is 21.3. The van der Waals surface area contributed by atoms with Crippen LogP contribution in [0.2, 0.25) is 0 Å². The number of nitrogens with one attached hydrogen (secondary N) is 2. The van der Waals surface area contributed by atoms with Crippen molar-refractivity contribution in [2.75, 3.05) is 26.2 Å². The molecule has 2 unspecified atom stereocenters. The van der Waals surface area contributed by atoms with Crippen LogP contribution in [0.1, 0.15) is 33.7 Å². The van der Waals surface area contributed by atoms with Gasteiger partial charge in [0.1, 0.15) is 24.1 Å². The molecule has 2 aromatic heterocycles. The molecule has 2 aliphatic rings. The molecular formula is C20H22N8O4. The van der Waals surface area contributed by atoms with Crippen LogP contribution in [0.25, 0.3) is 0 Å². The van der Waals surface area contributed by atoms with Crippen molar-refractivity contribution in [3.8, 4) is 0 Å². The first-order valence-electron chi connectivity index (χ1n) is 10.2. The first-order chi connectivity index (χ1) is 15.5. The molecule has 32 heavy (non-hydrogen) atoms. The fraction of sp³-hybridized carbons (Fsp3) is 0.400. The lowest BCUT2D eigenvalue weighted by Crippen LogP contribution is -2.63. The van der Waals surface area contributed by atoms with E-state index in [1.54, 1.807) is 0 Å². The van der Waals surface area contributed by atoms with Crippen molar-refractivity contribution in [2.45, 2.75) is 24.9 Å². The Morgan fingerprint density at radius 2 is 1.84 bits per heavy atom. The third-order valence-corrected chi connectivity index (χ3v) is 5.42. The Balaban J connectivity index is 1.56. The van der Waals surface area contributed by atoms with E-state index in [1.165, 1.54) is 47.1 Å². The summed E-state index contributed by atoms with van der Waals surface area (Å²) in [7, 11) is 0. The van der Waals surface area contributed by atoms with Crippen molar-refractivity contribution in [2.24, 2.45) is 0 Å². The van der Waals surface area contributed by atoms with Gasteiger partial charge < -0.3 is 20.4 Å². The maximum Gasteiger partial charge on any atom is 0.274 e. The number of aromatic nitrogens is 4. The molecule has 4 rings (SSSR count). The quantitative estimate of drug-likeness (QED) is 0.593. The lowest BCUT2D eigenvalue weighted by Gasteiger charge is -2.40. The molecule has 4 amide bonds. The fourth-order valence-corrected chi connectivity index (χ4v) is 3.76. The fourth-order valence-electron chi connectivity index (χ4n) is 3.76. The molecule has 166 valence electrons. The molecule has 2 atom stereocenters. The number of nitrogens with zero attached hydrogens (tertiary/aromatic N) is 6. The molecule has 0 spiro atoms. The molecule has 0 aromatic carbocycles. The van der Waals surface area contributed by atoms with Crippen molar-refractivity contribution in [3.63, 3.8) is 0 Å². The van der Waals surface area contributed by atoms with Gasteiger partial charge in [0.25, 0.3) is 11.8 Å². The second-order valence-electron chi connectivity index (χ2n) is 7.48. The van der Waals surface area contributed by atoms with E-state index >= 15 is 0 Å². The van der Waals surface area contributed by atoms with Gasteiger partial charge in [-0.25, -0.2) is 15.0 Å². The largest absolute Gasteiger partial charge is 0.354 e. The standard InChI is InChI=1S/C20H22N8O4/c29-17-14(2-1-3-25-17)26-18(30)16-11-27(19(31)13-8-22-12-23-9-13)6-7-28(16)20(32)15-10-21-4-5-24-15/h4-5,8-10,12,14,16H,1-3,6-7,11H2,(H,25,29)(H,26,30). The van der Waals surface area contributed by atoms with E-state index in [4.69, 9.17) is 0 Å². The number of piperidine rings is 1. The number of carbonyl (C=O) groups excluding carboxylic acids is 4. The maximum absolute atomic E-state index is 13.2. The molecule has 0 bridgehead atoms. The van der Waals surface area contributed by atoms with E-state index in [-0.39, 0.29) is 42.7 Å². The van der Waals surface area contributed by atoms with Crippen molar-refractivity contribution in [1.82, 2.24) is 40.4 Å². The van der Waals surface area contributed by atoms with Crippen LogP contribution < -0.4 is 10.6 Å². The van der Waals surface area contributed by atoms with Crippen LogP contribution in [0.3, 0.4) is 0 Å². The van der Waals surface area contributed by atoms with Crippen LogP contribution in [0.4, 0.5) is 0 Å². The summed E-state index contributed by atoms with van der Waals surface area (Å²) in [5.74, 6) is -1.58. The second kappa shape index (κ2) is 9.45. The molecule has 2 aromatic rings. The Kier molecular flexibility index (Phi) is 6.29. The highest BCUT2D eigenvalue weighted by atomic mass is 16.2. The van der Waals surface area contributed by atoms with Crippen LogP contribution in [0.15, 0.2) is 37.3 Å². The number of hydrogen-bond acceptors (Lipinski definition) is 8. The van der Waals surface area contributed by atoms with Crippen molar-refractivity contribution < 1.29 is 19.2 Å². The van der Waals surface area contributed by atoms with Crippen LogP contribution >= 0.6 is 0 Å². The minimum Gasteiger partial charge on any atom is -0.354 e. The highest BCUT2D eigenvalue weighted by molar-refractivity contribution is 5.99. The number of carbonyl (C=O) groups is 4. The molecule has 0 saturated carbocycles. The zero-order valence-electron chi connectivity index (χ0n) is 17.2. The number of rotatable bonds is 4. The van der Waals surface area contributed by atoms with Crippen LogP contribution in [-0.4, -0.2) is 91.6 Å². The Morgan fingerprint density at radius 3 is 2.56 bits per heavy atom. The Bertz CT molecular complexity index is 1000. The summed E-state index contributed by atoms with van der Waals surface area (Å²) < 4.78 is 0. The molecule has 4 heterocycles. The third kappa shape index (κ3) is 4.53. The number of hydrogen-bond donors (Lipinski definition) is 2. The molecule has 12 heteroatoms. The number of amides is 4. The van der Waals surface area contributed by atoms with Crippen LogP contribution in [0, 0.1) is 0 Å². The Labute approximate surface area is 183 Å². The van der Waals surface area contributed by atoms with Gasteiger partial charge >= 0.3 is 0 Å². The van der Waals surface area contributed by atoms with E-state index in [1.807, 2.05) is 0 Å². The van der Waals surface area contributed by atoms with E-state index in [0.717, 1.165) is 6.42 Å². The normalized spacial score (nSPS) is 20.9. The van der Waals surface area contributed by atoms with Crippen LogP contribution in [0.5, 0.6) is 0 Å². The summed E-state index contributed by atoms with van der Waals surface area (Å²) in [6, 6.07) is -1.68. The summed E-state index contributed by atoms with van der Waals surface area (Å²) in [6.45, 7) is 0.852. The summed E-state index contributed by atoms with van der Waals surface area (Å²) in [6.07, 6.45) is 9.52. The van der Waals surface area contributed by atoms with Crippen molar-refractivity contribution in [3.05, 3.63) is 48.6 Å². The van der Waals surface area contributed by atoms with E-state index in [2.05, 4.69) is 30.6 Å². The SMILES string of the molecule is O=C1NCCCC1NC(=O)C1CN(C(=O)c2cncnc2)CCN1C(=O)c1cnccn1. The first-order valence-corrected chi connectivity index (χ1v) is 10.2. The van der Waals surface area contributed by atoms with Gasteiger partial charge in [-0.2, -0.15) is 0 Å². The van der Waals surface area contributed by atoms with Gasteiger partial charge in [0.2, 0.25) is 11.8 Å². The van der Waals surface area contributed by atoms with Gasteiger partial charge in [-0.3, -0.25) is 24.2 Å². The smallest absolute Gasteiger partial charge is 0.274 e. The van der Waals surface area contributed by atoms with E-state index in [9.17, 15) is 19.2 Å². The summed E-state index contributed by atoms with van der Waals surface area (Å²) in [5, 5.41) is 5.45. The highest BCUT2D eigenvalue weighted by Crippen LogP contribution is 2.16. The second-order valence-corrected chi connectivity index (χ2v) is 7.48. The predicted molar refractivity (Wildman–Crippen MR) is 109 cm³/mol. The van der Waals surface area contributed by atoms with Gasteiger partial charge in [-0.05, 0) is 12.8 Å². The third-order valence-electron chi connectivity index (χ3n) is 5.42. The zero-order valence-corrected chi connectivity index (χ0v) is 17.2. The molecule has 2 fully saturated rings. The van der Waals surface area contributed by atoms with Gasteiger partial charge in [0, 0.05) is 44.4 Å². The lowest BCUT2D eigenvalue weighted by molar-refractivity contribution is -0.133. The molecule has 2 saturated heterocycles. The lowest BCUT2D eigenvalue weighted by atomic mass is 10.0. The van der Waals surface area contributed by atoms with Gasteiger partial charge in [0.05, 0.1) is 18.3 Å². The molecule has 2 aliphatic heterocycles. The maximum atomic E-state index is 13.2. The van der Waals surface area contributed by atoms with Crippen LogP contribution in [-0.2, 0) is 9.59 Å². The molecule has 2 N–H and O–H groups in total.